The van der Waals surface area contributed by atoms with Gasteiger partial charge in [-0.25, -0.2) is 9.78 Å². The Hall–Kier alpha value is -1.42. The number of fused-ring (bicyclic) bond motifs is 1. The van der Waals surface area contributed by atoms with Crippen molar-refractivity contribution in [2.24, 2.45) is 5.41 Å². The van der Waals surface area contributed by atoms with Gasteiger partial charge in [0, 0.05) is 0 Å². The molecule has 1 N–H and O–H groups in total. The largest absolute Gasteiger partial charge is 0.478 e. The number of thiazole rings is 1. The smallest absolute Gasteiger partial charge is 0.335 e. The lowest BCUT2D eigenvalue weighted by Gasteiger charge is -2.16. The van der Waals surface area contributed by atoms with Gasteiger partial charge in [-0.1, -0.05) is 20.8 Å². The van der Waals surface area contributed by atoms with E-state index in [0.29, 0.717) is 11.0 Å². The Morgan fingerprint density at radius 2 is 2.11 bits per heavy atom. The number of rotatable bonds is 3. The van der Waals surface area contributed by atoms with E-state index in [9.17, 15) is 4.79 Å². The van der Waals surface area contributed by atoms with Crippen molar-refractivity contribution >= 4 is 27.5 Å². The van der Waals surface area contributed by atoms with Crippen LogP contribution in [0.15, 0.2) is 18.2 Å². The second-order valence-corrected chi connectivity index (χ2v) is 6.77. The van der Waals surface area contributed by atoms with E-state index in [1.54, 1.807) is 29.5 Å². The Kier molecular flexibility index (Phi) is 3.39. The fourth-order valence-corrected chi connectivity index (χ4v) is 2.70. The lowest BCUT2D eigenvalue weighted by Crippen LogP contribution is -2.05. The Morgan fingerprint density at radius 3 is 2.72 bits per heavy atom. The number of aromatic nitrogens is 1. The number of carboxylic acid groups (broad SMARTS) is 1. The highest BCUT2D eigenvalue weighted by Gasteiger charge is 2.13. The number of benzene rings is 1. The van der Waals surface area contributed by atoms with Crippen LogP contribution in [0.2, 0.25) is 0 Å². The number of aryl methyl sites for hydroxylation is 1. The third-order valence-electron chi connectivity index (χ3n) is 2.77. The first-order chi connectivity index (χ1) is 8.35. The van der Waals surface area contributed by atoms with Crippen molar-refractivity contribution in [1.29, 1.82) is 0 Å². The maximum Gasteiger partial charge on any atom is 0.335 e. The molecular formula is C14H17NO2S. The van der Waals surface area contributed by atoms with Gasteiger partial charge in [0.25, 0.3) is 0 Å². The van der Waals surface area contributed by atoms with Crippen molar-refractivity contribution in [2.45, 2.75) is 33.6 Å². The molecule has 18 heavy (non-hydrogen) atoms. The zero-order valence-corrected chi connectivity index (χ0v) is 11.7. The molecule has 0 aliphatic carbocycles. The van der Waals surface area contributed by atoms with Crippen LogP contribution in [0.5, 0.6) is 0 Å². The Labute approximate surface area is 110 Å². The molecule has 1 aromatic carbocycles. The van der Waals surface area contributed by atoms with Gasteiger partial charge < -0.3 is 5.11 Å². The summed E-state index contributed by atoms with van der Waals surface area (Å²) in [5, 5.41) is 10.0. The van der Waals surface area contributed by atoms with Crippen molar-refractivity contribution < 1.29 is 9.90 Å². The summed E-state index contributed by atoms with van der Waals surface area (Å²) < 4.78 is 0.957. The van der Waals surface area contributed by atoms with Crippen LogP contribution in [0.3, 0.4) is 0 Å². The summed E-state index contributed by atoms with van der Waals surface area (Å²) in [5.41, 5.74) is 1.52. The van der Waals surface area contributed by atoms with Crippen molar-refractivity contribution in [3.8, 4) is 0 Å². The molecule has 0 saturated carbocycles. The minimum Gasteiger partial charge on any atom is -0.478 e. The Morgan fingerprint density at radius 1 is 1.39 bits per heavy atom. The normalized spacial score (nSPS) is 11.9. The molecule has 2 aromatic rings. The topological polar surface area (TPSA) is 50.2 Å². The van der Waals surface area contributed by atoms with Crippen LogP contribution in [0, 0.1) is 5.41 Å². The number of hydrogen-bond donors (Lipinski definition) is 1. The predicted molar refractivity (Wildman–Crippen MR) is 74.4 cm³/mol. The maximum absolute atomic E-state index is 10.9. The van der Waals surface area contributed by atoms with Gasteiger partial charge in [0.05, 0.1) is 20.8 Å². The van der Waals surface area contributed by atoms with Crippen LogP contribution in [-0.4, -0.2) is 16.1 Å². The van der Waals surface area contributed by atoms with E-state index in [1.165, 1.54) is 0 Å². The highest BCUT2D eigenvalue weighted by molar-refractivity contribution is 7.18. The van der Waals surface area contributed by atoms with Crippen LogP contribution in [0.25, 0.3) is 10.2 Å². The first-order valence-electron chi connectivity index (χ1n) is 5.98. The van der Waals surface area contributed by atoms with Gasteiger partial charge in [-0.05, 0) is 36.5 Å². The summed E-state index contributed by atoms with van der Waals surface area (Å²) in [6, 6.07) is 5.10. The summed E-state index contributed by atoms with van der Waals surface area (Å²) in [5.74, 6) is -0.887. The summed E-state index contributed by atoms with van der Waals surface area (Å²) in [6.45, 7) is 6.63. The van der Waals surface area contributed by atoms with Crippen LogP contribution < -0.4 is 0 Å². The number of hydrogen-bond acceptors (Lipinski definition) is 3. The fraction of sp³-hybridized carbons (Fsp3) is 0.429. The van der Waals surface area contributed by atoms with Gasteiger partial charge >= 0.3 is 5.97 Å². The number of carbonyl (C=O) groups is 1. The maximum atomic E-state index is 10.9. The zero-order chi connectivity index (χ0) is 13.3. The summed E-state index contributed by atoms with van der Waals surface area (Å²) in [7, 11) is 0. The first kappa shape index (κ1) is 13.0. The van der Waals surface area contributed by atoms with Crippen LogP contribution >= 0.6 is 11.3 Å². The molecule has 1 aromatic heterocycles. The van der Waals surface area contributed by atoms with Crippen LogP contribution in [-0.2, 0) is 6.42 Å². The number of nitrogens with zero attached hydrogens (tertiary/aromatic N) is 1. The van der Waals surface area contributed by atoms with E-state index >= 15 is 0 Å². The minimum atomic E-state index is -0.887. The van der Waals surface area contributed by atoms with Gasteiger partial charge in [0.15, 0.2) is 0 Å². The average molecular weight is 263 g/mol. The molecule has 1 heterocycles. The SMILES string of the molecule is CC(C)(C)CCc1nc2ccc(C(=O)O)cc2s1. The lowest BCUT2D eigenvalue weighted by molar-refractivity contribution is 0.0697. The van der Waals surface area contributed by atoms with E-state index < -0.39 is 5.97 Å². The van der Waals surface area contributed by atoms with Crippen molar-refractivity contribution in [3.05, 3.63) is 28.8 Å². The number of aromatic carboxylic acids is 1. The summed E-state index contributed by atoms with van der Waals surface area (Å²) in [6.07, 6.45) is 2.03. The highest BCUT2D eigenvalue weighted by atomic mass is 32.1. The van der Waals surface area contributed by atoms with Crippen LogP contribution in [0.4, 0.5) is 0 Å². The molecule has 0 unspecified atom stereocenters. The van der Waals surface area contributed by atoms with Gasteiger partial charge in [0.1, 0.15) is 0 Å². The molecule has 96 valence electrons. The van der Waals surface area contributed by atoms with Crippen molar-refractivity contribution in [1.82, 2.24) is 4.98 Å². The molecule has 0 aliphatic heterocycles. The molecule has 0 bridgehead atoms. The molecular weight excluding hydrogens is 246 g/mol. The van der Waals surface area contributed by atoms with Gasteiger partial charge in [-0.15, -0.1) is 11.3 Å². The van der Waals surface area contributed by atoms with Crippen LogP contribution in [0.1, 0.15) is 42.6 Å². The third kappa shape index (κ3) is 3.07. The molecule has 4 heteroatoms. The van der Waals surface area contributed by atoms with E-state index in [1.807, 2.05) is 0 Å². The summed E-state index contributed by atoms with van der Waals surface area (Å²) >= 11 is 1.60. The monoisotopic (exact) mass is 263 g/mol. The molecule has 2 rings (SSSR count). The van der Waals surface area contributed by atoms with Gasteiger partial charge in [0.2, 0.25) is 0 Å². The second kappa shape index (κ2) is 4.69. The lowest BCUT2D eigenvalue weighted by atomic mass is 9.91. The van der Waals surface area contributed by atoms with E-state index in [-0.39, 0.29) is 0 Å². The first-order valence-corrected chi connectivity index (χ1v) is 6.79. The van der Waals surface area contributed by atoms with E-state index in [2.05, 4.69) is 25.8 Å². The molecule has 0 radical (unpaired) electrons. The second-order valence-electron chi connectivity index (χ2n) is 5.66. The quantitative estimate of drug-likeness (QED) is 0.911. The van der Waals surface area contributed by atoms with Crippen molar-refractivity contribution in [3.63, 3.8) is 0 Å². The fourth-order valence-electron chi connectivity index (χ4n) is 1.69. The molecule has 0 saturated heterocycles. The van der Waals surface area contributed by atoms with Crippen molar-refractivity contribution in [2.75, 3.05) is 0 Å². The average Bonchev–Trinajstić information content (AvgIpc) is 2.66. The molecule has 0 aliphatic rings. The molecule has 0 amide bonds. The van der Waals surface area contributed by atoms with E-state index in [4.69, 9.17) is 5.11 Å². The summed E-state index contributed by atoms with van der Waals surface area (Å²) in [4.78, 5) is 15.4. The Balaban J connectivity index is 2.24. The molecule has 0 fully saturated rings. The van der Waals surface area contributed by atoms with Gasteiger partial charge in [-0.2, -0.15) is 0 Å². The number of carboxylic acids is 1. The molecule has 3 nitrogen and oxygen atoms in total. The zero-order valence-electron chi connectivity index (χ0n) is 10.9. The third-order valence-corrected chi connectivity index (χ3v) is 3.85. The highest BCUT2D eigenvalue weighted by Crippen LogP contribution is 2.27. The Bertz CT molecular complexity index is 581. The predicted octanol–water partition coefficient (Wildman–Crippen LogP) is 3.97. The molecule has 0 spiro atoms. The van der Waals surface area contributed by atoms with E-state index in [0.717, 1.165) is 28.1 Å². The van der Waals surface area contributed by atoms with Gasteiger partial charge in [-0.3, -0.25) is 0 Å². The molecule has 0 atom stereocenters. The standard InChI is InChI=1S/C14H17NO2S/c1-14(2,3)7-6-12-15-10-5-4-9(13(16)17)8-11(10)18-12/h4-5,8H,6-7H2,1-3H3,(H,16,17). The minimum absolute atomic E-state index is 0.296.